The van der Waals surface area contributed by atoms with E-state index in [0.29, 0.717) is 12.2 Å². The van der Waals surface area contributed by atoms with Gasteiger partial charge in [0.05, 0.1) is 12.9 Å². The minimum absolute atomic E-state index is 0.0430. The Bertz CT molecular complexity index is 457. The molecule has 0 N–H and O–H groups in total. The molecule has 20 heavy (non-hydrogen) atoms. The first kappa shape index (κ1) is 16.8. The molecule has 0 spiro atoms. The van der Waals surface area contributed by atoms with Crippen molar-refractivity contribution in [2.75, 3.05) is 12.9 Å². The molecule has 0 saturated carbocycles. The first-order valence-corrected chi connectivity index (χ1v) is 7.87. The molecular weight excluding hydrogens is 272 g/mol. The zero-order valence-electron chi connectivity index (χ0n) is 12.3. The van der Waals surface area contributed by atoms with E-state index in [1.807, 2.05) is 38.1 Å². The predicted molar refractivity (Wildman–Crippen MR) is 81.9 cm³/mol. The van der Waals surface area contributed by atoms with Gasteiger partial charge in [-0.1, -0.05) is 38.0 Å². The van der Waals surface area contributed by atoms with Crippen molar-refractivity contribution >= 4 is 23.5 Å². The fourth-order valence-electron chi connectivity index (χ4n) is 1.93. The van der Waals surface area contributed by atoms with Gasteiger partial charge in [0.15, 0.2) is 5.78 Å². The van der Waals surface area contributed by atoms with Gasteiger partial charge < -0.3 is 4.74 Å². The summed E-state index contributed by atoms with van der Waals surface area (Å²) in [4.78, 5) is 25.0. The largest absolute Gasteiger partial charge is 0.468 e. The zero-order valence-corrected chi connectivity index (χ0v) is 13.2. The Hall–Kier alpha value is -1.29. The van der Waals surface area contributed by atoms with Crippen molar-refractivity contribution in [2.45, 2.75) is 38.0 Å². The molecular formula is C16H22O3S. The molecule has 0 radical (unpaired) electrons. The molecule has 110 valence electrons. The number of Topliss-reactive ketones (excluding diaryl/α,β-unsaturated/α-hetero) is 1. The molecule has 4 heteroatoms. The molecule has 0 amide bonds. The van der Waals surface area contributed by atoms with Crippen molar-refractivity contribution in [1.82, 2.24) is 0 Å². The second-order valence-electron chi connectivity index (χ2n) is 4.74. The van der Waals surface area contributed by atoms with Crippen molar-refractivity contribution < 1.29 is 14.3 Å². The second-order valence-corrected chi connectivity index (χ2v) is 5.76. The van der Waals surface area contributed by atoms with Crippen molar-refractivity contribution in [1.29, 1.82) is 0 Å². The SMILES string of the molecule is CCCCC(C(=O)CSc1ccccc1C)C(=O)OC. The van der Waals surface area contributed by atoms with Crippen molar-refractivity contribution in [3.63, 3.8) is 0 Å². The number of aryl methyl sites for hydroxylation is 1. The van der Waals surface area contributed by atoms with E-state index in [4.69, 9.17) is 4.74 Å². The Kier molecular flexibility index (Phi) is 7.37. The highest BCUT2D eigenvalue weighted by Gasteiger charge is 2.26. The monoisotopic (exact) mass is 294 g/mol. The van der Waals surface area contributed by atoms with Crippen LogP contribution in [-0.2, 0) is 14.3 Å². The van der Waals surface area contributed by atoms with Crippen LogP contribution in [0, 0.1) is 12.8 Å². The van der Waals surface area contributed by atoms with Crippen molar-refractivity contribution in [3.05, 3.63) is 29.8 Å². The first-order valence-electron chi connectivity index (χ1n) is 6.89. The normalized spacial score (nSPS) is 11.9. The number of rotatable bonds is 8. The topological polar surface area (TPSA) is 43.4 Å². The summed E-state index contributed by atoms with van der Waals surface area (Å²) in [6, 6.07) is 7.93. The van der Waals surface area contributed by atoms with Crippen LogP contribution < -0.4 is 0 Å². The van der Waals surface area contributed by atoms with E-state index in [1.54, 1.807) is 0 Å². The maximum atomic E-state index is 12.2. The Morgan fingerprint density at radius 1 is 1.30 bits per heavy atom. The molecule has 0 aliphatic rings. The molecule has 0 aromatic heterocycles. The van der Waals surface area contributed by atoms with Crippen LogP contribution in [0.5, 0.6) is 0 Å². The Morgan fingerprint density at radius 2 is 2.00 bits per heavy atom. The van der Waals surface area contributed by atoms with E-state index in [9.17, 15) is 9.59 Å². The van der Waals surface area contributed by atoms with Gasteiger partial charge in [-0.05, 0) is 25.0 Å². The van der Waals surface area contributed by atoms with Crippen LogP contribution >= 0.6 is 11.8 Å². The van der Waals surface area contributed by atoms with Crippen LogP contribution in [0.25, 0.3) is 0 Å². The number of carbonyl (C=O) groups excluding carboxylic acids is 2. The average Bonchev–Trinajstić information content (AvgIpc) is 2.46. The summed E-state index contributed by atoms with van der Waals surface area (Å²) >= 11 is 1.49. The molecule has 0 fully saturated rings. The van der Waals surface area contributed by atoms with E-state index in [1.165, 1.54) is 18.9 Å². The van der Waals surface area contributed by atoms with Crippen LogP contribution in [-0.4, -0.2) is 24.6 Å². The van der Waals surface area contributed by atoms with Crippen LogP contribution in [0.1, 0.15) is 31.7 Å². The smallest absolute Gasteiger partial charge is 0.316 e. The molecule has 1 aromatic carbocycles. The van der Waals surface area contributed by atoms with Crippen LogP contribution in [0.15, 0.2) is 29.2 Å². The molecule has 0 bridgehead atoms. The fraction of sp³-hybridized carbons (Fsp3) is 0.500. The summed E-state index contributed by atoms with van der Waals surface area (Å²) in [5.74, 6) is -0.752. The number of esters is 1. The van der Waals surface area contributed by atoms with Gasteiger partial charge in [0.25, 0.3) is 0 Å². The molecule has 3 nitrogen and oxygen atoms in total. The van der Waals surface area contributed by atoms with Gasteiger partial charge >= 0.3 is 5.97 Å². The highest BCUT2D eigenvalue weighted by Crippen LogP contribution is 2.24. The average molecular weight is 294 g/mol. The number of hydrogen-bond donors (Lipinski definition) is 0. The lowest BCUT2D eigenvalue weighted by Crippen LogP contribution is -2.26. The maximum Gasteiger partial charge on any atom is 0.316 e. The number of unbranched alkanes of at least 4 members (excludes halogenated alkanes) is 1. The maximum absolute atomic E-state index is 12.2. The van der Waals surface area contributed by atoms with Gasteiger partial charge in [-0.2, -0.15) is 0 Å². The number of hydrogen-bond acceptors (Lipinski definition) is 4. The van der Waals surface area contributed by atoms with Crippen LogP contribution in [0.4, 0.5) is 0 Å². The summed E-state index contributed by atoms with van der Waals surface area (Å²) in [5.41, 5.74) is 1.15. The molecule has 1 aromatic rings. The van der Waals surface area contributed by atoms with Crippen molar-refractivity contribution in [2.24, 2.45) is 5.92 Å². The second kappa shape index (κ2) is 8.80. The van der Waals surface area contributed by atoms with Crippen LogP contribution in [0.3, 0.4) is 0 Å². The third-order valence-electron chi connectivity index (χ3n) is 3.18. The zero-order chi connectivity index (χ0) is 15.0. The standard InChI is InChI=1S/C16H22O3S/c1-4-5-9-13(16(18)19-3)14(17)11-20-15-10-7-6-8-12(15)2/h6-8,10,13H,4-5,9,11H2,1-3H3. The number of thioether (sulfide) groups is 1. The molecule has 0 aliphatic carbocycles. The minimum Gasteiger partial charge on any atom is -0.468 e. The minimum atomic E-state index is -0.614. The summed E-state index contributed by atoms with van der Waals surface area (Å²) < 4.78 is 4.74. The molecule has 0 saturated heterocycles. The molecule has 0 heterocycles. The lowest BCUT2D eigenvalue weighted by atomic mass is 9.98. The number of carbonyl (C=O) groups is 2. The van der Waals surface area contributed by atoms with Gasteiger partial charge in [0.2, 0.25) is 0 Å². The van der Waals surface area contributed by atoms with E-state index in [2.05, 4.69) is 0 Å². The van der Waals surface area contributed by atoms with Gasteiger partial charge in [-0.15, -0.1) is 11.8 Å². The summed E-state index contributed by atoms with van der Waals surface area (Å²) in [5, 5.41) is 0. The Balaban J connectivity index is 2.62. The quantitative estimate of drug-likeness (QED) is 0.417. The van der Waals surface area contributed by atoms with E-state index in [-0.39, 0.29) is 5.78 Å². The fourth-order valence-corrected chi connectivity index (χ4v) is 2.90. The third kappa shape index (κ3) is 5.00. The Labute approximate surface area is 125 Å². The first-order chi connectivity index (χ1) is 9.60. The number of ether oxygens (including phenoxy) is 1. The Morgan fingerprint density at radius 3 is 2.60 bits per heavy atom. The third-order valence-corrected chi connectivity index (χ3v) is 4.38. The molecule has 1 unspecified atom stereocenters. The molecule has 1 atom stereocenters. The van der Waals surface area contributed by atoms with E-state index < -0.39 is 11.9 Å². The van der Waals surface area contributed by atoms with Gasteiger partial charge in [-0.25, -0.2) is 0 Å². The van der Waals surface area contributed by atoms with Crippen LogP contribution in [0.2, 0.25) is 0 Å². The van der Waals surface area contributed by atoms with Gasteiger partial charge in [0, 0.05) is 4.90 Å². The lowest BCUT2D eigenvalue weighted by Gasteiger charge is -2.13. The van der Waals surface area contributed by atoms with Crippen molar-refractivity contribution in [3.8, 4) is 0 Å². The van der Waals surface area contributed by atoms with E-state index >= 15 is 0 Å². The number of methoxy groups -OCH3 is 1. The van der Waals surface area contributed by atoms with Gasteiger partial charge in [0.1, 0.15) is 5.92 Å². The summed E-state index contributed by atoms with van der Waals surface area (Å²) in [6.45, 7) is 4.06. The summed E-state index contributed by atoms with van der Waals surface area (Å²) in [6.07, 6.45) is 2.41. The van der Waals surface area contributed by atoms with E-state index in [0.717, 1.165) is 23.3 Å². The highest BCUT2D eigenvalue weighted by molar-refractivity contribution is 8.00. The summed E-state index contributed by atoms with van der Waals surface area (Å²) in [7, 11) is 1.34. The lowest BCUT2D eigenvalue weighted by molar-refractivity contribution is -0.149. The number of benzene rings is 1. The molecule has 1 rings (SSSR count). The number of ketones is 1. The molecule has 0 aliphatic heterocycles. The highest BCUT2D eigenvalue weighted by atomic mass is 32.2. The van der Waals surface area contributed by atoms with Gasteiger partial charge in [-0.3, -0.25) is 9.59 Å². The predicted octanol–water partition coefficient (Wildman–Crippen LogP) is 3.64.